The second-order valence-corrected chi connectivity index (χ2v) is 13.3. The van der Waals surface area contributed by atoms with E-state index in [1.807, 2.05) is 0 Å². The molecule has 0 spiro atoms. The van der Waals surface area contributed by atoms with Crippen LogP contribution in [0.25, 0.3) is 0 Å². The van der Waals surface area contributed by atoms with Crippen molar-refractivity contribution in [1.29, 1.82) is 0 Å². The molecule has 21 heteroatoms. The summed E-state index contributed by atoms with van der Waals surface area (Å²) < 4.78 is 3.67. The molecule has 0 aromatic heterocycles. The number of fused-ring (bicyclic) bond motifs is 1. The summed E-state index contributed by atoms with van der Waals surface area (Å²) in [5.74, 6) is -5.82. The first-order valence-corrected chi connectivity index (χ1v) is 15.6. The van der Waals surface area contributed by atoms with Gasteiger partial charge < -0.3 is 46.3 Å². The Kier molecular flexibility index (Phi) is 13.0. The van der Waals surface area contributed by atoms with Crippen molar-refractivity contribution < 1.29 is 83.0 Å². The number of aromatic hydroxyl groups is 1. The number of carboxylic acids is 1. The molecule has 19 nitrogen and oxygen atoms in total. The Labute approximate surface area is 316 Å². The number of carboxylic acid groups (broad SMARTS) is 1. The van der Waals surface area contributed by atoms with E-state index in [9.17, 15) is 53.9 Å². The van der Waals surface area contributed by atoms with Crippen molar-refractivity contribution in [2.45, 2.75) is 60.8 Å². The molecular weight excluding hydrogens is 705 g/mol. The van der Waals surface area contributed by atoms with Crippen molar-refractivity contribution in [1.82, 2.24) is 31.5 Å². The molecule has 0 bridgehead atoms. The van der Waals surface area contributed by atoms with Crippen molar-refractivity contribution >= 4 is 59.6 Å². The van der Waals surface area contributed by atoms with Gasteiger partial charge >= 0.3 is 35.7 Å². The fourth-order valence-corrected chi connectivity index (χ4v) is 7.16. The van der Waals surface area contributed by atoms with Crippen LogP contribution in [0.15, 0.2) is 48.5 Å². The SMILES string of the molecule is CNC(=O)CC(NC(=O)OCc1ccc([N+](=O)[O-])cc1)C(=O)NC(C(=O)N[C@@]1(C(=O)[O-])N2C(=O)[C@H](NC=O)[C@H]2SC1(C)C)c1ccc(O)cc1.[Na+]. The standard InChI is InChI=1S/C30H33N7O12S.Na/c1-29(2)30(27(44)45,36-25(43)22(32-14-38)26(36)50-29)35-24(42)21(16-6-10-18(39)11-7-16)34-23(41)19(12-20(40)31-3)33-28(46)49-13-15-4-8-17(9-5-15)37(47)48;/h4-11,14,19,21-22,26,39H,12-13H2,1-3H3,(H,31,40)(H,32,38)(H,33,46)(H,34,41)(H,35,42)(H,44,45);/q;+1/p-1/t19?,21?,22-,26+,30-;/m0./s1. The van der Waals surface area contributed by atoms with E-state index in [4.69, 9.17) is 4.74 Å². The van der Waals surface area contributed by atoms with Gasteiger partial charge in [-0.1, -0.05) is 12.1 Å². The zero-order valence-corrected chi connectivity index (χ0v) is 30.5. The van der Waals surface area contributed by atoms with Crippen molar-refractivity contribution in [2.75, 3.05) is 7.05 Å². The third-order valence-corrected chi connectivity index (χ3v) is 9.72. The smallest absolute Gasteiger partial charge is 0.545 e. The summed E-state index contributed by atoms with van der Waals surface area (Å²) >= 11 is 0.988. The third-order valence-electron chi connectivity index (χ3n) is 8.11. The minimum Gasteiger partial charge on any atom is -0.545 e. The largest absolute Gasteiger partial charge is 1.00 e. The summed E-state index contributed by atoms with van der Waals surface area (Å²) in [6, 6.07) is 5.50. The van der Waals surface area contributed by atoms with E-state index in [1.54, 1.807) is 0 Å². The van der Waals surface area contributed by atoms with Gasteiger partial charge in [-0.15, -0.1) is 11.8 Å². The number of alkyl carbamates (subject to hydrolysis) is 1. The molecule has 2 unspecified atom stereocenters. The number of nitrogens with zero attached hydrogens (tertiary/aromatic N) is 2. The molecule has 2 aromatic carbocycles. The topological polar surface area (TPSA) is 279 Å². The van der Waals surface area contributed by atoms with E-state index in [0.29, 0.717) is 5.56 Å². The number of β-lactam (4-membered cyclic amide) rings is 1. The maximum Gasteiger partial charge on any atom is 1.00 e. The Morgan fingerprint density at radius 3 is 2.24 bits per heavy atom. The number of phenols is 1. The van der Waals surface area contributed by atoms with Crippen molar-refractivity contribution in [3.05, 3.63) is 69.8 Å². The van der Waals surface area contributed by atoms with E-state index in [-0.39, 0.29) is 59.6 Å². The molecule has 4 rings (SSSR count). The Morgan fingerprint density at radius 2 is 1.69 bits per heavy atom. The minimum atomic E-state index is -2.47. The summed E-state index contributed by atoms with van der Waals surface area (Å²) in [4.78, 5) is 101. The number of hydrogen-bond acceptors (Lipinski definition) is 13. The molecule has 6 amide bonds. The quantitative estimate of drug-likeness (QED) is 0.0350. The van der Waals surface area contributed by atoms with Crippen LogP contribution in [0.1, 0.15) is 37.4 Å². The summed E-state index contributed by atoms with van der Waals surface area (Å²) in [5.41, 5.74) is -2.27. The average Bonchev–Trinajstić information content (AvgIpc) is 3.28. The summed E-state index contributed by atoms with van der Waals surface area (Å²) in [6.07, 6.45) is -1.52. The van der Waals surface area contributed by atoms with Crippen LogP contribution in [0.3, 0.4) is 0 Å². The van der Waals surface area contributed by atoms with Gasteiger partial charge in [-0.3, -0.25) is 39.0 Å². The number of benzene rings is 2. The summed E-state index contributed by atoms with van der Waals surface area (Å²) in [7, 11) is 1.27. The molecule has 5 atom stereocenters. The molecule has 2 saturated heterocycles. The van der Waals surface area contributed by atoms with Gasteiger partial charge in [-0.05, 0) is 49.2 Å². The van der Waals surface area contributed by atoms with Crippen LogP contribution in [0.2, 0.25) is 0 Å². The molecule has 6 N–H and O–H groups in total. The number of nitro benzene ring substituents is 1. The van der Waals surface area contributed by atoms with Gasteiger partial charge in [0.2, 0.25) is 24.1 Å². The number of aliphatic carboxylic acids is 1. The number of hydrogen-bond donors (Lipinski definition) is 6. The van der Waals surface area contributed by atoms with Crippen LogP contribution in [0.4, 0.5) is 10.5 Å². The van der Waals surface area contributed by atoms with E-state index in [2.05, 4.69) is 26.6 Å². The normalized spacial score (nSPS) is 20.8. The maximum absolute atomic E-state index is 14.0. The summed E-state index contributed by atoms with van der Waals surface area (Å²) in [6.45, 7) is 2.52. The van der Waals surface area contributed by atoms with Gasteiger partial charge in [0, 0.05) is 19.2 Å². The van der Waals surface area contributed by atoms with Gasteiger partial charge in [0.1, 0.15) is 35.9 Å². The predicted octanol–water partition coefficient (Wildman–Crippen LogP) is -4.74. The zero-order valence-electron chi connectivity index (χ0n) is 27.7. The predicted molar refractivity (Wildman–Crippen MR) is 169 cm³/mol. The number of rotatable bonds is 14. The zero-order chi connectivity index (χ0) is 37.0. The van der Waals surface area contributed by atoms with Crippen LogP contribution in [0, 0.1) is 10.1 Å². The van der Waals surface area contributed by atoms with Crippen LogP contribution in [-0.4, -0.2) is 91.9 Å². The molecule has 0 saturated carbocycles. The first-order valence-electron chi connectivity index (χ1n) is 14.8. The second kappa shape index (κ2) is 16.4. The molecule has 2 aliphatic heterocycles. The van der Waals surface area contributed by atoms with Gasteiger partial charge in [-0.2, -0.15) is 0 Å². The Bertz CT molecular complexity index is 1710. The number of nitro groups is 1. The van der Waals surface area contributed by atoms with E-state index in [0.717, 1.165) is 16.7 Å². The number of amides is 6. The number of ether oxygens (including phenoxy) is 1. The van der Waals surface area contributed by atoms with E-state index >= 15 is 0 Å². The number of thioether (sulfide) groups is 1. The number of phenolic OH excluding ortho intramolecular Hbond substituents is 1. The molecular formula is C30H32N7NaO12S. The third kappa shape index (κ3) is 8.35. The molecule has 266 valence electrons. The van der Waals surface area contributed by atoms with Gasteiger partial charge in [0.05, 0.1) is 22.1 Å². The van der Waals surface area contributed by atoms with Crippen molar-refractivity contribution in [2.24, 2.45) is 0 Å². The molecule has 0 radical (unpaired) electrons. The number of non-ortho nitro benzene ring substituents is 1. The fraction of sp³-hybridized carbons (Fsp3) is 0.367. The molecule has 2 heterocycles. The Balaban J connectivity index is 0.00000702. The van der Waals surface area contributed by atoms with Gasteiger partial charge in [0.15, 0.2) is 5.66 Å². The molecule has 2 aliphatic rings. The van der Waals surface area contributed by atoms with Crippen LogP contribution < -0.4 is 61.2 Å². The first-order chi connectivity index (χ1) is 23.6. The number of nitrogens with one attached hydrogen (secondary N) is 5. The Morgan fingerprint density at radius 1 is 1.06 bits per heavy atom. The van der Waals surface area contributed by atoms with E-state index in [1.165, 1.54) is 69.4 Å². The van der Waals surface area contributed by atoms with Crippen LogP contribution in [-0.2, 0) is 40.1 Å². The van der Waals surface area contributed by atoms with Crippen LogP contribution in [0.5, 0.6) is 5.75 Å². The molecule has 2 aromatic rings. The second-order valence-electron chi connectivity index (χ2n) is 11.6. The monoisotopic (exact) mass is 737 g/mol. The molecule has 2 fully saturated rings. The first kappa shape index (κ1) is 40.5. The summed E-state index contributed by atoms with van der Waals surface area (Å²) in [5, 5.41) is 44.3. The van der Waals surface area contributed by atoms with E-state index < -0.39 is 80.9 Å². The van der Waals surface area contributed by atoms with Crippen molar-refractivity contribution in [3.8, 4) is 5.75 Å². The molecule has 51 heavy (non-hydrogen) atoms. The molecule has 0 aliphatic carbocycles. The van der Waals surface area contributed by atoms with Gasteiger partial charge in [0.25, 0.3) is 11.6 Å². The van der Waals surface area contributed by atoms with Crippen LogP contribution >= 0.6 is 11.8 Å². The maximum atomic E-state index is 14.0. The van der Waals surface area contributed by atoms with Gasteiger partial charge in [-0.25, -0.2) is 4.79 Å². The Hall–Kier alpha value is -4.92. The number of carbonyl (C=O) groups excluding carboxylic acids is 7. The number of carbonyl (C=O) groups is 7. The minimum absolute atomic E-state index is 0. The average molecular weight is 738 g/mol. The fourth-order valence-electron chi connectivity index (χ4n) is 5.45. The van der Waals surface area contributed by atoms with Crippen molar-refractivity contribution in [3.63, 3.8) is 0 Å².